The highest BCUT2D eigenvalue weighted by molar-refractivity contribution is 5.98. The van der Waals surface area contributed by atoms with Gasteiger partial charge >= 0.3 is 5.97 Å². The van der Waals surface area contributed by atoms with E-state index in [1.54, 1.807) is 12.1 Å². The van der Waals surface area contributed by atoms with Crippen LogP contribution in [-0.2, 0) is 4.74 Å². The van der Waals surface area contributed by atoms with E-state index < -0.39 is 10.9 Å². The van der Waals surface area contributed by atoms with E-state index in [0.717, 1.165) is 16.8 Å². The minimum atomic E-state index is -0.446. The van der Waals surface area contributed by atoms with Crippen LogP contribution >= 0.6 is 0 Å². The molecule has 2 aromatic carbocycles. The zero-order valence-electron chi connectivity index (χ0n) is 15.4. The molecule has 0 fully saturated rings. The zero-order chi connectivity index (χ0) is 19.6. The number of aromatic nitrogens is 1. The van der Waals surface area contributed by atoms with Crippen LogP contribution in [0.25, 0.3) is 11.1 Å². The molecule has 0 bridgehead atoms. The molecule has 1 atom stereocenters. The van der Waals surface area contributed by atoms with Gasteiger partial charge in [-0.25, -0.2) is 4.79 Å². The van der Waals surface area contributed by atoms with Gasteiger partial charge in [-0.15, -0.1) is 0 Å². The second kappa shape index (κ2) is 7.45. The number of ether oxygens (including phenoxy) is 1. The number of carbonyl (C=O) groups is 1. The lowest BCUT2D eigenvalue weighted by molar-refractivity contribution is -0.384. The van der Waals surface area contributed by atoms with Gasteiger partial charge in [0.05, 0.1) is 23.6 Å². The molecule has 0 radical (unpaired) electrons. The summed E-state index contributed by atoms with van der Waals surface area (Å²) in [7, 11) is 1.35. The van der Waals surface area contributed by atoms with Gasteiger partial charge in [0.2, 0.25) is 0 Å². The van der Waals surface area contributed by atoms with E-state index >= 15 is 0 Å². The second-order valence-corrected chi connectivity index (χ2v) is 6.29. The van der Waals surface area contributed by atoms with Crippen LogP contribution in [0.15, 0.2) is 60.8 Å². The third-order valence-electron chi connectivity index (χ3n) is 4.76. The number of esters is 1. The standard InChI is InChI=1S/C21H20N2O4/c1-14(16-7-5-4-6-8-16)22-13-19(20(15(22)2)21(24)27-3)17-9-11-18(12-10-17)23(25)26/h4-14H,1-3H3/t14-/m1/s1. The van der Waals surface area contributed by atoms with Gasteiger partial charge in [-0.3, -0.25) is 10.1 Å². The van der Waals surface area contributed by atoms with Gasteiger partial charge in [0.15, 0.2) is 0 Å². The van der Waals surface area contributed by atoms with Gasteiger partial charge in [-0.2, -0.15) is 0 Å². The Bertz CT molecular complexity index is 975. The summed E-state index contributed by atoms with van der Waals surface area (Å²) >= 11 is 0. The Balaban J connectivity index is 2.13. The maximum atomic E-state index is 12.4. The summed E-state index contributed by atoms with van der Waals surface area (Å²) in [5.74, 6) is -0.431. The lowest BCUT2D eigenvalue weighted by Crippen LogP contribution is -2.10. The molecular formula is C21H20N2O4. The predicted octanol–water partition coefficient (Wildman–Crippen LogP) is 4.77. The molecule has 0 saturated heterocycles. The molecule has 0 N–H and O–H groups in total. The Labute approximate surface area is 157 Å². The van der Waals surface area contributed by atoms with Crippen molar-refractivity contribution >= 4 is 11.7 Å². The Morgan fingerprint density at radius 2 is 1.74 bits per heavy atom. The average Bonchev–Trinajstić information content (AvgIpc) is 3.04. The van der Waals surface area contributed by atoms with Gasteiger partial charge in [-0.05, 0) is 37.1 Å². The largest absolute Gasteiger partial charge is 0.465 e. The first-order valence-corrected chi connectivity index (χ1v) is 8.53. The number of nitro benzene ring substituents is 1. The van der Waals surface area contributed by atoms with E-state index in [-0.39, 0.29) is 11.7 Å². The second-order valence-electron chi connectivity index (χ2n) is 6.29. The van der Waals surface area contributed by atoms with E-state index in [9.17, 15) is 14.9 Å². The number of nitrogens with zero attached hydrogens (tertiary/aromatic N) is 2. The lowest BCUT2D eigenvalue weighted by atomic mass is 10.0. The monoisotopic (exact) mass is 364 g/mol. The number of hydrogen-bond donors (Lipinski definition) is 0. The number of methoxy groups -OCH3 is 1. The summed E-state index contributed by atoms with van der Waals surface area (Å²) in [6, 6.07) is 16.2. The molecule has 6 heteroatoms. The van der Waals surface area contributed by atoms with Crippen molar-refractivity contribution < 1.29 is 14.5 Å². The third kappa shape index (κ3) is 3.46. The zero-order valence-corrected chi connectivity index (χ0v) is 15.4. The van der Waals surface area contributed by atoms with E-state index in [0.29, 0.717) is 11.1 Å². The van der Waals surface area contributed by atoms with Crippen LogP contribution in [0.5, 0.6) is 0 Å². The summed E-state index contributed by atoms with van der Waals surface area (Å²) in [5.41, 5.74) is 3.79. The van der Waals surface area contributed by atoms with Gasteiger partial charge in [0.1, 0.15) is 0 Å². The highest BCUT2D eigenvalue weighted by Crippen LogP contribution is 2.33. The van der Waals surface area contributed by atoms with E-state index in [1.165, 1.54) is 19.2 Å². The van der Waals surface area contributed by atoms with Crippen LogP contribution < -0.4 is 0 Å². The minimum absolute atomic E-state index is 0.00664. The van der Waals surface area contributed by atoms with Gasteiger partial charge in [0.25, 0.3) is 5.69 Å². The first kappa shape index (κ1) is 18.4. The van der Waals surface area contributed by atoms with Crippen LogP contribution in [0.3, 0.4) is 0 Å². The van der Waals surface area contributed by atoms with Crippen molar-refractivity contribution in [2.45, 2.75) is 19.9 Å². The molecule has 27 heavy (non-hydrogen) atoms. The highest BCUT2D eigenvalue weighted by atomic mass is 16.6. The number of benzene rings is 2. The molecule has 3 rings (SSSR count). The fourth-order valence-corrected chi connectivity index (χ4v) is 3.26. The summed E-state index contributed by atoms with van der Waals surface area (Å²) in [6.45, 7) is 3.93. The molecule has 0 aliphatic heterocycles. The van der Waals surface area contributed by atoms with Crippen molar-refractivity contribution in [2.24, 2.45) is 0 Å². The third-order valence-corrected chi connectivity index (χ3v) is 4.76. The number of nitro groups is 1. The average molecular weight is 364 g/mol. The molecule has 0 aliphatic rings. The van der Waals surface area contributed by atoms with Crippen molar-refractivity contribution in [1.29, 1.82) is 0 Å². The minimum Gasteiger partial charge on any atom is -0.465 e. The van der Waals surface area contributed by atoms with E-state index in [1.807, 2.05) is 48.0 Å². The summed E-state index contributed by atoms with van der Waals surface area (Å²) < 4.78 is 7.01. The molecule has 138 valence electrons. The summed E-state index contributed by atoms with van der Waals surface area (Å²) in [6.07, 6.45) is 1.90. The predicted molar refractivity (Wildman–Crippen MR) is 103 cm³/mol. The molecule has 0 spiro atoms. The maximum absolute atomic E-state index is 12.4. The normalized spacial score (nSPS) is 11.8. The van der Waals surface area contributed by atoms with Gasteiger partial charge < -0.3 is 9.30 Å². The van der Waals surface area contributed by atoms with Crippen molar-refractivity contribution in [1.82, 2.24) is 4.57 Å². The quantitative estimate of drug-likeness (QED) is 0.371. The summed E-state index contributed by atoms with van der Waals surface area (Å²) in [5, 5.41) is 10.9. The van der Waals surface area contributed by atoms with Crippen LogP contribution in [0.1, 0.15) is 34.6 Å². The molecule has 0 aliphatic carbocycles. The van der Waals surface area contributed by atoms with Crippen LogP contribution in [0, 0.1) is 17.0 Å². The molecule has 6 nitrogen and oxygen atoms in total. The Morgan fingerprint density at radius 1 is 1.11 bits per heavy atom. The van der Waals surface area contributed by atoms with Gasteiger partial charge in [-0.1, -0.05) is 30.3 Å². The maximum Gasteiger partial charge on any atom is 0.340 e. The molecule has 3 aromatic rings. The Kier molecular flexibility index (Phi) is 5.07. The van der Waals surface area contributed by atoms with Crippen LogP contribution in [0.2, 0.25) is 0 Å². The highest BCUT2D eigenvalue weighted by Gasteiger charge is 2.24. The summed E-state index contributed by atoms with van der Waals surface area (Å²) in [4.78, 5) is 22.9. The van der Waals surface area contributed by atoms with Crippen molar-refractivity contribution in [3.63, 3.8) is 0 Å². The lowest BCUT2D eigenvalue weighted by Gasteiger charge is -2.16. The smallest absolute Gasteiger partial charge is 0.340 e. The van der Waals surface area contributed by atoms with Crippen LogP contribution in [0.4, 0.5) is 5.69 Å². The van der Waals surface area contributed by atoms with Gasteiger partial charge in [0, 0.05) is 29.6 Å². The molecule has 0 unspecified atom stereocenters. The topological polar surface area (TPSA) is 74.4 Å². The number of carbonyl (C=O) groups excluding carboxylic acids is 1. The van der Waals surface area contributed by atoms with Crippen molar-refractivity contribution in [3.05, 3.63) is 87.7 Å². The first-order valence-electron chi connectivity index (χ1n) is 8.53. The van der Waals surface area contributed by atoms with Crippen LogP contribution in [-0.4, -0.2) is 22.6 Å². The molecule has 1 aromatic heterocycles. The molecular weight excluding hydrogens is 344 g/mol. The fraction of sp³-hybridized carbons (Fsp3) is 0.190. The first-order chi connectivity index (χ1) is 12.9. The Morgan fingerprint density at radius 3 is 2.30 bits per heavy atom. The Hall–Kier alpha value is -3.41. The molecule has 0 amide bonds. The van der Waals surface area contributed by atoms with E-state index in [2.05, 4.69) is 6.92 Å². The molecule has 1 heterocycles. The van der Waals surface area contributed by atoms with Crippen molar-refractivity contribution in [3.8, 4) is 11.1 Å². The fourth-order valence-electron chi connectivity index (χ4n) is 3.26. The number of hydrogen-bond acceptors (Lipinski definition) is 4. The molecule has 0 saturated carbocycles. The van der Waals surface area contributed by atoms with E-state index in [4.69, 9.17) is 4.74 Å². The van der Waals surface area contributed by atoms with Crippen molar-refractivity contribution in [2.75, 3.05) is 7.11 Å². The number of non-ortho nitro benzene ring substituents is 1. The number of rotatable bonds is 5. The SMILES string of the molecule is COC(=O)c1c(-c2ccc([N+](=O)[O-])cc2)cn([C@H](C)c2ccccc2)c1C.